The van der Waals surface area contributed by atoms with Gasteiger partial charge in [0.15, 0.2) is 0 Å². The second-order valence-corrected chi connectivity index (χ2v) is 5.08. The largest absolute Gasteiger partial charge is 0.394 e. The van der Waals surface area contributed by atoms with Crippen molar-refractivity contribution in [3.63, 3.8) is 0 Å². The lowest BCUT2D eigenvalue weighted by molar-refractivity contribution is -0.144. The summed E-state index contributed by atoms with van der Waals surface area (Å²) in [6, 6.07) is -0.384. The van der Waals surface area contributed by atoms with E-state index in [0.717, 1.165) is 6.42 Å². The van der Waals surface area contributed by atoms with E-state index in [1.807, 2.05) is 0 Å². The molecule has 3 rings (SSSR count). The zero-order valence-electron chi connectivity index (χ0n) is 9.17. The number of allylic oxidation sites excluding steroid dienone is 2. The first-order valence-electron chi connectivity index (χ1n) is 5.81. The van der Waals surface area contributed by atoms with Gasteiger partial charge in [-0.2, -0.15) is 0 Å². The first-order chi connectivity index (χ1) is 7.65. The highest BCUT2D eigenvalue weighted by molar-refractivity contribution is 6.06. The molecule has 0 aromatic rings. The second kappa shape index (κ2) is 3.17. The van der Waals surface area contributed by atoms with E-state index in [0.29, 0.717) is 0 Å². The number of amides is 2. The van der Waals surface area contributed by atoms with Crippen LogP contribution in [-0.4, -0.2) is 34.5 Å². The maximum absolute atomic E-state index is 12.1. The van der Waals surface area contributed by atoms with Crippen molar-refractivity contribution in [1.82, 2.24) is 4.90 Å². The number of aliphatic hydroxyl groups is 1. The highest BCUT2D eigenvalue weighted by atomic mass is 16.3. The van der Waals surface area contributed by atoms with Crippen LogP contribution >= 0.6 is 0 Å². The molecule has 3 aliphatic rings. The van der Waals surface area contributed by atoms with Crippen molar-refractivity contribution < 1.29 is 14.7 Å². The van der Waals surface area contributed by atoms with E-state index in [1.165, 1.54) is 4.90 Å². The molecule has 5 atom stereocenters. The molecule has 1 N–H and O–H groups in total. The van der Waals surface area contributed by atoms with E-state index in [2.05, 4.69) is 12.2 Å². The minimum absolute atomic E-state index is 0.0756. The van der Waals surface area contributed by atoms with Gasteiger partial charge in [0.25, 0.3) is 0 Å². The Labute approximate surface area is 93.9 Å². The van der Waals surface area contributed by atoms with Crippen molar-refractivity contribution in [3.8, 4) is 0 Å². The number of rotatable bonds is 2. The van der Waals surface area contributed by atoms with Crippen LogP contribution in [-0.2, 0) is 9.59 Å². The van der Waals surface area contributed by atoms with Gasteiger partial charge in [-0.1, -0.05) is 12.2 Å². The second-order valence-electron chi connectivity index (χ2n) is 5.08. The topological polar surface area (TPSA) is 57.6 Å². The minimum Gasteiger partial charge on any atom is -0.394 e. The average molecular weight is 221 g/mol. The molecule has 16 heavy (non-hydrogen) atoms. The number of aliphatic hydroxyl groups excluding tert-OH is 1. The van der Waals surface area contributed by atoms with Gasteiger partial charge in [0.1, 0.15) is 0 Å². The summed E-state index contributed by atoms with van der Waals surface area (Å²) in [5.74, 6) is 0.0690. The Morgan fingerprint density at radius 2 is 1.81 bits per heavy atom. The van der Waals surface area contributed by atoms with Crippen molar-refractivity contribution in [1.29, 1.82) is 0 Å². The number of carbonyl (C=O) groups is 2. The zero-order valence-corrected chi connectivity index (χ0v) is 9.17. The van der Waals surface area contributed by atoms with Crippen LogP contribution in [0, 0.1) is 23.7 Å². The maximum atomic E-state index is 12.1. The molecule has 0 aromatic carbocycles. The average Bonchev–Trinajstić information content (AvgIpc) is 2.92. The summed E-state index contributed by atoms with van der Waals surface area (Å²) in [7, 11) is 0. The molecule has 1 aliphatic heterocycles. The number of likely N-dealkylation sites (tertiary alicyclic amines) is 1. The van der Waals surface area contributed by atoms with Crippen molar-refractivity contribution in [2.45, 2.75) is 19.4 Å². The summed E-state index contributed by atoms with van der Waals surface area (Å²) in [6.07, 6.45) is 5.10. The Bertz CT molecular complexity index is 360. The molecule has 86 valence electrons. The van der Waals surface area contributed by atoms with Gasteiger partial charge in [0.05, 0.1) is 24.5 Å². The van der Waals surface area contributed by atoms with Crippen molar-refractivity contribution >= 4 is 11.8 Å². The number of fused-ring (bicyclic) bond motifs is 5. The maximum Gasteiger partial charge on any atom is 0.234 e. The Morgan fingerprint density at radius 3 is 2.25 bits per heavy atom. The Balaban J connectivity index is 1.94. The Hall–Kier alpha value is -1.16. The fourth-order valence-electron chi connectivity index (χ4n) is 3.44. The number of imide groups is 1. The van der Waals surface area contributed by atoms with Crippen LogP contribution in [0.4, 0.5) is 0 Å². The number of hydrogen-bond acceptors (Lipinski definition) is 3. The van der Waals surface area contributed by atoms with Crippen LogP contribution in [0.2, 0.25) is 0 Å². The normalized spacial score (nSPS) is 42.0. The van der Waals surface area contributed by atoms with Gasteiger partial charge in [-0.25, -0.2) is 0 Å². The van der Waals surface area contributed by atoms with Crippen LogP contribution in [0.25, 0.3) is 0 Å². The van der Waals surface area contributed by atoms with Gasteiger partial charge in [0, 0.05) is 0 Å². The first-order valence-corrected chi connectivity index (χ1v) is 5.81. The van der Waals surface area contributed by atoms with Crippen molar-refractivity contribution in [2.24, 2.45) is 23.7 Å². The summed E-state index contributed by atoms with van der Waals surface area (Å²) in [5.41, 5.74) is 0. The number of nitrogens with zero attached hydrogens (tertiary/aromatic N) is 1. The molecule has 2 amide bonds. The van der Waals surface area contributed by atoms with E-state index in [9.17, 15) is 9.59 Å². The lowest BCUT2D eigenvalue weighted by atomic mass is 9.85. The van der Waals surface area contributed by atoms with E-state index >= 15 is 0 Å². The molecule has 4 nitrogen and oxygen atoms in total. The van der Waals surface area contributed by atoms with E-state index < -0.39 is 0 Å². The third-order valence-electron chi connectivity index (χ3n) is 4.21. The van der Waals surface area contributed by atoms with Gasteiger partial charge in [0.2, 0.25) is 11.8 Å². The van der Waals surface area contributed by atoms with Gasteiger partial charge < -0.3 is 5.11 Å². The third kappa shape index (κ3) is 1.03. The molecule has 4 heteroatoms. The smallest absolute Gasteiger partial charge is 0.234 e. The standard InChI is InChI=1S/C12H15NO3/c1-6(5-14)13-11(15)9-7-2-3-8(4-7)10(9)12(13)16/h2-3,6-10,14H,4-5H2,1H3/t6-,7?,8?,9?,10?/m0/s1. The number of hydrogen-bond donors (Lipinski definition) is 1. The molecule has 4 unspecified atom stereocenters. The van der Waals surface area contributed by atoms with Crippen molar-refractivity contribution in [3.05, 3.63) is 12.2 Å². The first kappa shape index (κ1) is 10.0. The minimum atomic E-state index is -0.384. The molecular formula is C12H15NO3. The summed E-state index contributed by atoms with van der Waals surface area (Å²) in [6.45, 7) is 1.56. The molecule has 2 bridgehead atoms. The molecule has 2 aliphatic carbocycles. The van der Waals surface area contributed by atoms with Gasteiger partial charge in [-0.15, -0.1) is 0 Å². The quantitative estimate of drug-likeness (QED) is 0.534. The molecule has 1 saturated carbocycles. The van der Waals surface area contributed by atoms with E-state index in [-0.39, 0.29) is 48.1 Å². The fourth-order valence-corrected chi connectivity index (χ4v) is 3.44. The van der Waals surface area contributed by atoms with Crippen LogP contribution < -0.4 is 0 Å². The SMILES string of the molecule is C[C@@H](CO)N1C(=O)C2C3C=CC(C3)C2C1=O. The van der Waals surface area contributed by atoms with Crippen LogP contribution in [0.15, 0.2) is 12.2 Å². The van der Waals surface area contributed by atoms with Crippen LogP contribution in [0.3, 0.4) is 0 Å². The summed E-state index contributed by atoms with van der Waals surface area (Å²) >= 11 is 0. The van der Waals surface area contributed by atoms with Crippen molar-refractivity contribution in [2.75, 3.05) is 6.61 Å². The van der Waals surface area contributed by atoms with E-state index in [4.69, 9.17) is 5.11 Å². The molecule has 2 fully saturated rings. The lowest BCUT2D eigenvalue weighted by Crippen LogP contribution is -2.42. The molecule has 0 aromatic heterocycles. The van der Waals surface area contributed by atoms with Crippen LogP contribution in [0.1, 0.15) is 13.3 Å². The number of carbonyl (C=O) groups excluding carboxylic acids is 2. The molecule has 0 spiro atoms. The lowest BCUT2D eigenvalue weighted by Gasteiger charge is -2.22. The van der Waals surface area contributed by atoms with Crippen LogP contribution in [0.5, 0.6) is 0 Å². The van der Waals surface area contributed by atoms with E-state index in [1.54, 1.807) is 6.92 Å². The zero-order chi connectivity index (χ0) is 11.4. The molecular weight excluding hydrogens is 206 g/mol. The summed E-state index contributed by atoms with van der Waals surface area (Å²) < 4.78 is 0. The monoisotopic (exact) mass is 221 g/mol. The predicted octanol–water partition coefficient (Wildman–Crippen LogP) is 0.174. The Kier molecular flexibility index (Phi) is 1.98. The molecule has 1 heterocycles. The third-order valence-corrected chi connectivity index (χ3v) is 4.21. The van der Waals surface area contributed by atoms with Gasteiger partial charge in [-0.3, -0.25) is 14.5 Å². The summed E-state index contributed by atoms with van der Waals surface area (Å²) in [4.78, 5) is 25.6. The molecule has 1 saturated heterocycles. The van der Waals surface area contributed by atoms with Gasteiger partial charge in [-0.05, 0) is 25.2 Å². The highest BCUT2D eigenvalue weighted by Gasteiger charge is 2.59. The van der Waals surface area contributed by atoms with Gasteiger partial charge >= 0.3 is 0 Å². The predicted molar refractivity (Wildman–Crippen MR) is 56.1 cm³/mol. The Morgan fingerprint density at radius 1 is 1.31 bits per heavy atom. The molecule has 0 radical (unpaired) electrons. The highest BCUT2D eigenvalue weighted by Crippen LogP contribution is 2.52. The summed E-state index contributed by atoms with van der Waals surface area (Å²) in [5, 5.41) is 9.08. The fraction of sp³-hybridized carbons (Fsp3) is 0.667.